The number of halogens is 1. The molecule has 0 radical (unpaired) electrons. The molecule has 1 aliphatic heterocycles. The Labute approximate surface area is 97.2 Å². The summed E-state index contributed by atoms with van der Waals surface area (Å²) in [6.07, 6.45) is 2.02. The molecule has 0 saturated heterocycles. The minimum atomic E-state index is 0.0397. The van der Waals surface area contributed by atoms with Crippen LogP contribution >= 0.6 is 23.1 Å². The Balaban J connectivity index is 2.32. The molecule has 1 aromatic heterocycles. The first-order valence-corrected chi connectivity index (χ1v) is 5.74. The maximum atomic E-state index is 6.12. The standard InChI is InChI=1S/C9H12ClN3OS/c1-14-9-7(10)8(15-13-9)5-2-6(11)4-12-3-5/h2,6,12H,3-4,11H2,1H3. The Morgan fingerprint density at radius 1 is 1.73 bits per heavy atom. The van der Waals surface area contributed by atoms with Gasteiger partial charge < -0.3 is 15.8 Å². The fraction of sp³-hybridized carbons (Fsp3) is 0.444. The van der Waals surface area contributed by atoms with E-state index in [1.54, 1.807) is 7.11 Å². The number of nitrogens with zero attached hydrogens (tertiary/aromatic N) is 1. The van der Waals surface area contributed by atoms with Gasteiger partial charge in [-0.05, 0) is 17.1 Å². The lowest BCUT2D eigenvalue weighted by Crippen LogP contribution is -2.37. The third kappa shape index (κ3) is 2.15. The molecule has 0 aromatic carbocycles. The zero-order chi connectivity index (χ0) is 10.8. The van der Waals surface area contributed by atoms with Crippen molar-refractivity contribution in [1.82, 2.24) is 9.69 Å². The highest BCUT2D eigenvalue weighted by Crippen LogP contribution is 2.35. The minimum Gasteiger partial charge on any atom is -0.479 e. The maximum Gasteiger partial charge on any atom is 0.244 e. The molecule has 2 rings (SSSR count). The van der Waals surface area contributed by atoms with Crippen LogP contribution in [0.4, 0.5) is 0 Å². The highest BCUT2D eigenvalue weighted by molar-refractivity contribution is 7.08. The molecule has 1 aliphatic rings. The lowest BCUT2D eigenvalue weighted by atomic mass is 10.1. The SMILES string of the molecule is COc1nsc(C2=CC(N)CNC2)c1Cl. The van der Waals surface area contributed by atoms with Crippen LogP contribution in [0, 0.1) is 0 Å². The molecule has 82 valence electrons. The molecular formula is C9H12ClN3OS. The Morgan fingerprint density at radius 3 is 3.13 bits per heavy atom. The van der Waals surface area contributed by atoms with Gasteiger partial charge in [-0.3, -0.25) is 0 Å². The van der Waals surface area contributed by atoms with Gasteiger partial charge in [0.05, 0.1) is 12.0 Å². The molecule has 1 atom stereocenters. The largest absolute Gasteiger partial charge is 0.479 e. The van der Waals surface area contributed by atoms with Gasteiger partial charge in [0.15, 0.2) is 0 Å². The van der Waals surface area contributed by atoms with Crippen LogP contribution in [0.25, 0.3) is 5.57 Å². The second-order valence-electron chi connectivity index (χ2n) is 3.32. The van der Waals surface area contributed by atoms with Crippen molar-refractivity contribution in [3.63, 3.8) is 0 Å². The quantitative estimate of drug-likeness (QED) is 0.820. The molecule has 15 heavy (non-hydrogen) atoms. The summed E-state index contributed by atoms with van der Waals surface area (Å²) in [6, 6.07) is 0.0397. The van der Waals surface area contributed by atoms with Crippen LogP contribution in [0.1, 0.15) is 4.88 Å². The summed E-state index contributed by atoms with van der Waals surface area (Å²) in [6.45, 7) is 1.58. The van der Waals surface area contributed by atoms with E-state index in [1.807, 2.05) is 6.08 Å². The van der Waals surface area contributed by atoms with Crippen LogP contribution in [0.3, 0.4) is 0 Å². The van der Waals surface area contributed by atoms with Gasteiger partial charge in [0, 0.05) is 19.1 Å². The summed E-state index contributed by atoms with van der Waals surface area (Å²) in [5.41, 5.74) is 6.92. The van der Waals surface area contributed by atoms with Crippen molar-refractivity contribution < 1.29 is 4.74 Å². The monoisotopic (exact) mass is 245 g/mol. The van der Waals surface area contributed by atoms with Crippen molar-refractivity contribution in [2.75, 3.05) is 20.2 Å². The minimum absolute atomic E-state index is 0.0397. The van der Waals surface area contributed by atoms with E-state index in [4.69, 9.17) is 22.1 Å². The van der Waals surface area contributed by atoms with E-state index in [0.717, 1.165) is 23.5 Å². The van der Waals surface area contributed by atoms with Gasteiger partial charge in [-0.15, -0.1) is 0 Å². The van der Waals surface area contributed by atoms with Crippen molar-refractivity contribution in [2.24, 2.45) is 5.73 Å². The van der Waals surface area contributed by atoms with Gasteiger partial charge in [-0.1, -0.05) is 17.7 Å². The number of rotatable bonds is 2. The molecule has 0 saturated carbocycles. The lowest BCUT2D eigenvalue weighted by Gasteiger charge is -2.18. The highest BCUT2D eigenvalue weighted by atomic mass is 35.5. The Kier molecular flexibility index (Phi) is 3.25. The predicted octanol–water partition coefficient (Wildman–Crippen LogP) is 1.12. The smallest absolute Gasteiger partial charge is 0.244 e. The van der Waals surface area contributed by atoms with Crippen LogP contribution in [-0.2, 0) is 0 Å². The lowest BCUT2D eigenvalue weighted by molar-refractivity contribution is 0.403. The number of methoxy groups -OCH3 is 1. The van der Waals surface area contributed by atoms with Crippen molar-refractivity contribution in [3.05, 3.63) is 16.0 Å². The zero-order valence-corrected chi connectivity index (χ0v) is 9.86. The second kappa shape index (κ2) is 4.49. The molecule has 0 bridgehead atoms. The van der Waals surface area contributed by atoms with Gasteiger partial charge in [0.1, 0.15) is 5.02 Å². The van der Waals surface area contributed by atoms with E-state index in [9.17, 15) is 0 Å². The second-order valence-corrected chi connectivity index (χ2v) is 4.47. The number of hydrogen-bond acceptors (Lipinski definition) is 5. The third-order valence-electron chi connectivity index (χ3n) is 2.20. The first-order valence-electron chi connectivity index (χ1n) is 4.59. The van der Waals surface area contributed by atoms with Crippen LogP contribution < -0.4 is 15.8 Å². The van der Waals surface area contributed by atoms with E-state index < -0.39 is 0 Å². The van der Waals surface area contributed by atoms with Gasteiger partial charge in [-0.25, -0.2) is 0 Å². The number of ether oxygens (including phenoxy) is 1. The van der Waals surface area contributed by atoms with Crippen molar-refractivity contribution in [2.45, 2.75) is 6.04 Å². The van der Waals surface area contributed by atoms with E-state index in [1.165, 1.54) is 11.5 Å². The van der Waals surface area contributed by atoms with Crippen LogP contribution in [0.5, 0.6) is 5.88 Å². The molecule has 0 aliphatic carbocycles. The summed E-state index contributed by atoms with van der Waals surface area (Å²) < 4.78 is 9.14. The maximum absolute atomic E-state index is 6.12. The molecule has 1 unspecified atom stereocenters. The van der Waals surface area contributed by atoms with E-state index in [-0.39, 0.29) is 6.04 Å². The summed E-state index contributed by atoms with van der Waals surface area (Å²) in [4.78, 5) is 0.941. The first kappa shape index (κ1) is 10.9. The van der Waals surface area contributed by atoms with Gasteiger partial charge in [0.2, 0.25) is 5.88 Å². The van der Waals surface area contributed by atoms with Crippen molar-refractivity contribution in [3.8, 4) is 5.88 Å². The topological polar surface area (TPSA) is 60.2 Å². The molecule has 0 spiro atoms. The summed E-state index contributed by atoms with van der Waals surface area (Å²) in [5, 5.41) is 3.80. The van der Waals surface area contributed by atoms with Crippen molar-refractivity contribution >= 4 is 28.7 Å². The van der Waals surface area contributed by atoms with Crippen LogP contribution in [0.15, 0.2) is 6.08 Å². The molecule has 4 nitrogen and oxygen atoms in total. The summed E-state index contributed by atoms with van der Waals surface area (Å²) in [7, 11) is 1.56. The average Bonchev–Trinajstić information content (AvgIpc) is 2.59. The molecule has 0 fully saturated rings. The highest BCUT2D eigenvalue weighted by Gasteiger charge is 2.18. The number of hydrogen-bond donors (Lipinski definition) is 2. The predicted molar refractivity (Wildman–Crippen MR) is 62.5 cm³/mol. The summed E-state index contributed by atoms with van der Waals surface area (Å²) >= 11 is 7.46. The Bertz CT molecular complexity index is 391. The third-order valence-corrected chi connectivity index (χ3v) is 3.57. The first-order chi connectivity index (χ1) is 7.22. The molecule has 0 amide bonds. The molecule has 1 aromatic rings. The number of nitrogens with two attached hydrogens (primary N) is 1. The number of nitrogens with one attached hydrogen (secondary N) is 1. The zero-order valence-electron chi connectivity index (χ0n) is 8.29. The van der Waals surface area contributed by atoms with Gasteiger partial charge in [0.25, 0.3) is 0 Å². The molecule has 6 heteroatoms. The fourth-order valence-electron chi connectivity index (χ4n) is 1.50. The fourth-order valence-corrected chi connectivity index (χ4v) is 2.66. The van der Waals surface area contributed by atoms with E-state index in [2.05, 4.69) is 9.69 Å². The van der Waals surface area contributed by atoms with E-state index in [0.29, 0.717) is 10.9 Å². The van der Waals surface area contributed by atoms with Gasteiger partial charge in [-0.2, -0.15) is 4.37 Å². The molecule has 3 N–H and O–H groups in total. The van der Waals surface area contributed by atoms with Crippen molar-refractivity contribution in [1.29, 1.82) is 0 Å². The van der Waals surface area contributed by atoms with Gasteiger partial charge >= 0.3 is 0 Å². The Hall–Kier alpha value is -0.620. The van der Waals surface area contributed by atoms with Crippen LogP contribution in [-0.4, -0.2) is 30.6 Å². The normalized spacial score (nSPS) is 21.3. The van der Waals surface area contributed by atoms with E-state index >= 15 is 0 Å². The summed E-state index contributed by atoms with van der Waals surface area (Å²) in [5.74, 6) is 0.483. The van der Waals surface area contributed by atoms with Crippen LogP contribution in [0.2, 0.25) is 5.02 Å². The molecular weight excluding hydrogens is 234 g/mol. The average molecular weight is 246 g/mol. The molecule has 2 heterocycles. The Morgan fingerprint density at radius 2 is 2.53 bits per heavy atom. The number of aromatic nitrogens is 1.